The highest BCUT2D eigenvalue weighted by Gasteiger charge is 2.37. The van der Waals surface area contributed by atoms with E-state index in [0.29, 0.717) is 28.9 Å². The molecule has 1 saturated heterocycles. The number of piperazine rings is 1. The number of nitrogens with one attached hydrogen (secondary N) is 2. The van der Waals surface area contributed by atoms with E-state index in [4.69, 9.17) is 0 Å². The number of carbonyl (C=O) groups is 2. The summed E-state index contributed by atoms with van der Waals surface area (Å²) in [5, 5.41) is 9.24. The third kappa shape index (κ3) is 6.12. The Labute approximate surface area is 240 Å². The quantitative estimate of drug-likeness (QED) is 0.337. The number of aryl methyl sites for hydroxylation is 2. The van der Waals surface area contributed by atoms with Gasteiger partial charge in [-0.2, -0.15) is 13.2 Å². The van der Waals surface area contributed by atoms with Crippen LogP contribution in [0.15, 0.2) is 36.1 Å². The number of alkyl halides is 3. The van der Waals surface area contributed by atoms with Crippen LogP contribution in [0.3, 0.4) is 0 Å². The molecule has 214 valence electrons. The smallest absolute Gasteiger partial charge is 0.357 e. The minimum atomic E-state index is -4.58. The fourth-order valence-electron chi connectivity index (χ4n) is 4.30. The molecule has 0 radical (unpaired) electrons. The Kier molecular flexibility index (Phi) is 7.86. The number of halogens is 3. The number of hydrogen-bond acceptors (Lipinski definition) is 11. The van der Waals surface area contributed by atoms with E-state index in [1.54, 1.807) is 23.5 Å². The second kappa shape index (κ2) is 11.4. The maximum Gasteiger partial charge on any atom is 0.419 e. The number of carbonyl (C=O) groups excluding carboxylic acids is 2. The van der Waals surface area contributed by atoms with E-state index >= 15 is 0 Å². The molecule has 0 aliphatic carbocycles. The highest BCUT2D eigenvalue weighted by atomic mass is 32.1. The molecule has 1 fully saturated rings. The van der Waals surface area contributed by atoms with Crippen molar-refractivity contribution >= 4 is 51.4 Å². The minimum Gasteiger partial charge on any atom is -0.357 e. The van der Waals surface area contributed by atoms with Crippen LogP contribution < -0.4 is 15.5 Å². The van der Waals surface area contributed by atoms with Crippen molar-refractivity contribution in [2.45, 2.75) is 26.1 Å². The molecule has 2 amide bonds. The Morgan fingerprint density at radius 2 is 1.80 bits per heavy atom. The Morgan fingerprint density at radius 1 is 1.05 bits per heavy atom. The Bertz CT molecular complexity index is 1560. The molecule has 4 aromatic rings. The van der Waals surface area contributed by atoms with E-state index < -0.39 is 23.7 Å². The average molecular weight is 604 g/mol. The summed E-state index contributed by atoms with van der Waals surface area (Å²) < 4.78 is 38.8. The van der Waals surface area contributed by atoms with Crippen LogP contribution in [0.1, 0.15) is 26.6 Å². The van der Waals surface area contributed by atoms with Gasteiger partial charge < -0.3 is 20.4 Å². The largest absolute Gasteiger partial charge is 0.419 e. The molecular formula is C25H24F3N9O2S2. The van der Waals surface area contributed by atoms with Crippen LogP contribution in [-0.4, -0.2) is 74.4 Å². The molecule has 0 aromatic carbocycles. The molecule has 1 aliphatic heterocycles. The molecule has 0 saturated carbocycles. The summed E-state index contributed by atoms with van der Waals surface area (Å²) >= 11 is 3.01. The van der Waals surface area contributed by atoms with Gasteiger partial charge in [0.25, 0.3) is 5.91 Å². The lowest BCUT2D eigenvalue weighted by Crippen LogP contribution is -2.60. The lowest BCUT2D eigenvalue weighted by molar-refractivity contribution is -0.138. The summed E-state index contributed by atoms with van der Waals surface area (Å²) in [6, 6.07) is 2.40. The van der Waals surface area contributed by atoms with Gasteiger partial charge in [-0.05, 0) is 26.0 Å². The summed E-state index contributed by atoms with van der Waals surface area (Å²) in [6.07, 6.45) is -1.78. The molecule has 0 bridgehead atoms. The topological polar surface area (TPSA) is 129 Å². The molecule has 5 heterocycles. The lowest BCUT2D eigenvalue weighted by Gasteiger charge is -2.40. The molecule has 41 heavy (non-hydrogen) atoms. The molecule has 4 aromatic heterocycles. The first-order valence-corrected chi connectivity index (χ1v) is 14.0. The number of thiazole rings is 2. The number of hydrogen-bond donors (Lipinski definition) is 2. The predicted molar refractivity (Wildman–Crippen MR) is 148 cm³/mol. The Morgan fingerprint density at radius 3 is 2.41 bits per heavy atom. The maximum atomic E-state index is 13.3. The summed E-state index contributed by atoms with van der Waals surface area (Å²) in [6.45, 7) is 4.23. The molecule has 2 N–H and O–H groups in total. The zero-order valence-corrected chi connectivity index (χ0v) is 23.7. The Hall–Kier alpha value is -4.18. The van der Waals surface area contributed by atoms with Crippen LogP contribution in [0.2, 0.25) is 0 Å². The third-order valence-electron chi connectivity index (χ3n) is 6.32. The summed E-state index contributed by atoms with van der Waals surface area (Å²) in [7, 11) is 1.44. The van der Waals surface area contributed by atoms with Crippen molar-refractivity contribution in [1.29, 1.82) is 0 Å². The van der Waals surface area contributed by atoms with Crippen LogP contribution in [-0.2, 0) is 11.0 Å². The highest BCUT2D eigenvalue weighted by Crippen LogP contribution is 2.33. The number of pyridine rings is 1. The van der Waals surface area contributed by atoms with Crippen molar-refractivity contribution in [3.63, 3.8) is 0 Å². The van der Waals surface area contributed by atoms with Crippen LogP contribution in [0, 0.1) is 13.8 Å². The first kappa shape index (κ1) is 28.4. The molecule has 1 atom stereocenters. The van der Waals surface area contributed by atoms with Gasteiger partial charge in [0, 0.05) is 44.1 Å². The lowest BCUT2D eigenvalue weighted by atomic mass is 10.1. The molecule has 11 nitrogen and oxygen atoms in total. The van der Waals surface area contributed by atoms with E-state index in [2.05, 4.69) is 35.6 Å². The van der Waals surface area contributed by atoms with Gasteiger partial charge in [0.05, 0.1) is 38.9 Å². The van der Waals surface area contributed by atoms with Crippen molar-refractivity contribution in [3.8, 4) is 10.6 Å². The van der Waals surface area contributed by atoms with Gasteiger partial charge in [-0.3, -0.25) is 9.59 Å². The third-order valence-corrected chi connectivity index (χ3v) is 8.18. The molecule has 16 heteroatoms. The fraction of sp³-hybridized carbons (Fsp3) is 0.320. The zero-order chi connectivity index (χ0) is 29.3. The number of anilines is 3. The number of amides is 2. The van der Waals surface area contributed by atoms with Crippen LogP contribution in [0.5, 0.6) is 0 Å². The van der Waals surface area contributed by atoms with Gasteiger partial charge in [-0.15, -0.1) is 22.7 Å². The predicted octanol–water partition coefficient (Wildman–Crippen LogP) is 3.91. The number of rotatable bonds is 6. The first-order valence-electron chi connectivity index (χ1n) is 12.3. The van der Waals surface area contributed by atoms with Gasteiger partial charge in [0.1, 0.15) is 11.9 Å². The standard InChI is InChI=1S/C25H24F3N9O2S2/c1-13-20(41-14(2)33-13)17-12-40-24(34-17)35-19-5-4-15(8-30-19)22(39)36-6-7-37(18(11-36)21(38)29-3)23-31-9-16(10-32-23)25(26,27)28/h4-5,8-10,12,18H,6-7,11H2,1-3H3,(H,29,38)(H,30,34,35). The van der Waals surface area contributed by atoms with Crippen molar-refractivity contribution in [1.82, 2.24) is 35.1 Å². The first-order chi connectivity index (χ1) is 19.5. The van der Waals surface area contributed by atoms with E-state index in [1.807, 2.05) is 19.2 Å². The van der Waals surface area contributed by atoms with Gasteiger partial charge in [-0.25, -0.2) is 24.9 Å². The molecular weight excluding hydrogens is 579 g/mol. The maximum absolute atomic E-state index is 13.3. The highest BCUT2D eigenvalue weighted by molar-refractivity contribution is 7.16. The van der Waals surface area contributed by atoms with Crippen LogP contribution >= 0.6 is 22.7 Å². The fourth-order valence-corrected chi connectivity index (χ4v) is 5.97. The Balaban J connectivity index is 1.25. The normalized spacial score (nSPS) is 15.6. The van der Waals surface area contributed by atoms with Gasteiger partial charge in [0.15, 0.2) is 5.13 Å². The van der Waals surface area contributed by atoms with E-state index in [0.717, 1.165) is 21.3 Å². The van der Waals surface area contributed by atoms with Gasteiger partial charge in [-0.1, -0.05) is 0 Å². The number of aromatic nitrogens is 5. The summed E-state index contributed by atoms with van der Waals surface area (Å²) in [4.78, 5) is 51.0. The van der Waals surface area contributed by atoms with Crippen LogP contribution in [0.4, 0.5) is 30.1 Å². The zero-order valence-electron chi connectivity index (χ0n) is 22.1. The average Bonchev–Trinajstić information content (AvgIpc) is 3.56. The van der Waals surface area contributed by atoms with E-state index in [-0.39, 0.29) is 31.5 Å². The van der Waals surface area contributed by atoms with E-state index in [1.165, 1.54) is 34.4 Å². The van der Waals surface area contributed by atoms with Crippen molar-refractivity contribution in [2.75, 3.05) is 36.9 Å². The van der Waals surface area contributed by atoms with Crippen LogP contribution in [0.25, 0.3) is 10.6 Å². The summed E-state index contributed by atoms with van der Waals surface area (Å²) in [5.41, 5.74) is 1.09. The monoisotopic (exact) mass is 603 g/mol. The molecule has 1 aliphatic rings. The molecule has 0 spiro atoms. The second-order valence-electron chi connectivity index (χ2n) is 9.09. The SMILES string of the molecule is CNC(=O)C1CN(C(=O)c2ccc(Nc3nc(-c4sc(C)nc4C)cs3)nc2)CCN1c1ncc(C(F)(F)F)cn1. The van der Waals surface area contributed by atoms with E-state index in [9.17, 15) is 22.8 Å². The van der Waals surface area contributed by atoms with Gasteiger partial charge in [0.2, 0.25) is 11.9 Å². The van der Waals surface area contributed by atoms with Gasteiger partial charge >= 0.3 is 6.18 Å². The minimum absolute atomic E-state index is 0.0126. The second-order valence-corrected chi connectivity index (χ2v) is 11.1. The van der Waals surface area contributed by atoms with Crippen molar-refractivity contribution < 1.29 is 22.8 Å². The van der Waals surface area contributed by atoms with Crippen molar-refractivity contribution in [2.24, 2.45) is 0 Å². The number of nitrogens with zero attached hydrogens (tertiary/aromatic N) is 7. The summed E-state index contributed by atoms with van der Waals surface area (Å²) in [5.74, 6) is -0.275. The van der Waals surface area contributed by atoms with Crippen molar-refractivity contribution in [3.05, 3.63) is 57.9 Å². The number of likely N-dealkylation sites (N-methyl/N-ethyl adjacent to an activating group) is 1. The molecule has 1 unspecified atom stereocenters. The molecule has 5 rings (SSSR count).